The van der Waals surface area contributed by atoms with Crippen LogP contribution in [0.1, 0.15) is 10.6 Å². The summed E-state index contributed by atoms with van der Waals surface area (Å²) in [5.41, 5.74) is 0.677. The summed E-state index contributed by atoms with van der Waals surface area (Å²) in [6.45, 7) is 0.592. The van der Waals surface area contributed by atoms with Crippen LogP contribution in [-0.2, 0) is 0 Å². The summed E-state index contributed by atoms with van der Waals surface area (Å²) in [6.07, 6.45) is 0. The third kappa shape index (κ3) is 3.24. The zero-order valence-corrected chi connectivity index (χ0v) is 13.9. The molecule has 0 saturated carbocycles. The van der Waals surface area contributed by atoms with Crippen molar-refractivity contribution in [3.05, 3.63) is 78.3 Å². The Morgan fingerprint density at radius 3 is 2.65 bits per heavy atom. The number of carbonyl (C=O) groups excluding carboxylic acids is 1. The van der Waals surface area contributed by atoms with E-state index in [2.05, 4.69) is 5.32 Å². The van der Waals surface area contributed by atoms with Crippen molar-refractivity contribution in [1.82, 2.24) is 5.32 Å². The molecule has 3 aromatic carbocycles. The Bertz CT molecular complexity index is 1070. The van der Waals surface area contributed by atoms with Crippen molar-refractivity contribution in [2.24, 2.45) is 0 Å². The topological polar surface area (TPSA) is 51.5 Å². The summed E-state index contributed by atoms with van der Waals surface area (Å²) >= 11 is 0. The molecule has 26 heavy (non-hydrogen) atoms. The molecular formula is C21H16FNO3. The van der Waals surface area contributed by atoms with Crippen molar-refractivity contribution in [1.29, 1.82) is 0 Å². The van der Waals surface area contributed by atoms with Gasteiger partial charge in [-0.25, -0.2) is 4.39 Å². The van der Waals surface area contributed by atoms with Crippen molar-refractivity contribution >= 4 is 27.6 Å². The number of benzene rings is 3. The van der Waals surface area contributed by atoms with Crippen LogP contribution in [0, 0.1) is 5.82 Å². The van der Waals surface area contributed by atoms with Crippen molar-refractivity contribution < 1.29 is 18.3 Å². The molecule has 1 amide bonds. The van der Waals surface area contributed by atoms with Crippen molar-refractivity contribution in [2.45, 2.75) is 0 Å². The van der Waals surface area contributed by atoms with Crippen LogP contribution in [0.4, 0.5) is 4.39 Å². The third-order valence-electron chi connectivity index (χ3n) is 4.12. The van der Waals surface area contributed by atoms with Crippen molar-refractivity contribution in [3.8, 4) is 5.75 Å². The smallest absolute Gasteiger partial charge is 0.287 e. The Morgan fingerprint density at radius 2 is 1.81 bits per heavy atom. The van der Waals surface area contributed by atoms with E-state index < -0.39 is 0 Å². The predicted molar refractivity (Wildman–Crippen MR) is 97.9 cm³/mol. The van der Waals surface area contributed by atoms with Gasteiger partial charge in [-0.05, 0) is 47.2 Å². The molecule has 0 atom stereocenters. The fourth-order valence-corrected chi connectivity index (χ4v) is 2.86. The average molecular weight is 349 g/mol. The molecule has 0 fully saturated rings. The lowest BCUT2D eigenvalue weighted by Gasteiger charge is -2.06. The third-order valence-corrected chi connectivity index (χ3v) is 4.12. The van der Waals surface area contributed by atoms with Crippen LogP contribution in [0.15, 0.2) is 71.1 Å². The maximum Gasteiger partial charge on any atom is 0.287 e. The number of rotatable bonds is 5. The highest BCUT2D eigenvalue weighted by Crippen LogP contribution is 2.28. The minimum absolute atomic E-state index is 0.262. The zero-order valence-electron chi connectivity index (χ0n) is 13.9. The number of hydrogen-bond donors (Lipinski definition) is 1. The van der Waals surface area contributed by atoms with E-state index in [-0.39, 0.29) is 24.1 Å². The molecule has 5 heteroatoms. The molecule has 0 aliphatic carbocycles. The number of hydrogen-bond acceptors (Lipinski definition) is 3. The first-order valence-corrected chi connectivity index (χ1v) is 8.28. The Kier molecular flexibility index (Phi) is 4.27. The molecule has 0 radical (unpaired) electrons. The number of furan rings is 1. The highest BCUT2D eigenvalue weighted by Gasteiger charge is 2.13. The van der Waals surface area contributed by atoms with E-state index in [0.29, 0.717) is 17.9 Å². The fraction of sp³-hybridized carbons (Fsp3) is 0.0952. The number of nitrogens with one attached hydrogen (secondary N) is 1. The standard InChI is InChI=1S/C21H16FNO3/c22-15-6-8-16(9-7-15)25-12-11-23-21(24)20-13-18-17-4-2-1-3-14(17)5-10-19(18)26-20/h1-10,13H,11-12H2,(H,23,24). The van der Waals surface area contributed by atoms with Gasteiger partial charge >= 0.3 is 0 Å². The van der Waals surface area contributed by atoms with Gasteiger partial charge in [-0.15, -0.1) is 0 Å². The van der Waals surface area contributed by atoms with E-state index in [1.165, 1.54) is 12.1 Å². The van der Waals surface area contributed by atoms with E-state index in [1.54, 1.807) is 18.2 Å². The minimum atomic E-state index is -0.317. The van der Waals surface area contributed by atoms with Gasteiger partial charge in [0, 0.05) is 5.39 Å². The monoisotopic (exact) mass is 349 g/mol. The van der Waals surface area contributed by atoms with Crippen LogP contribution >= 0.6 is 0 Å². The largest absolute Gasteiger partial charge is 0.492 e. The summed E-state index contributed by atoms with van der Waals surface area (Å²) in [4.78, 5) is 12.3. The second-order valence-corrected chi connectivity index (χ2v) is 5.87. The normalized spacial score (nSPS) is 11.0. The van der Waals surface area contributed by atoms with E-state index in [9.17, 15) is 9.18 Å². The summed E-state index contributed by atoms with van der Waals surface area (Å²) in [6, 6.07) is 19.3. The predicted octanol–water partition coefficient (Wildman–Crippen LogP) is 4.53. The van der Waals surface area contributed by atoms with Gasteiger partial charge in [-0.2, -0.15) is 0 Å². The number of carbonyl (C=O) groups is 1. The molecule has 0 aliphatic heterocycles. The first-order valence-electron chi connectivity index (χ1n) is 8.28. The molecule has 0 spiro atoms. The maximum absolute atomic E-state index is 12.8. The molecule has 0 aliphatic rings. The number of fused-ring (bicyclic) bond motifs is 3. The SMILES string of the molecule is O=C(NCCOc1ccc(F)cc1)c1cc2c(ccc3ccccc32)o1. The van der Waals surface area contributed by atoms with Crippen LogP contribution in [-0.4, -0.2) is 19.1 Å². The summed E-state index contributed by atoms with van der Waals surface area (Å²) in [5, 5.41) is 5.82. The average Bonchev–Trinajstić information content (AvgIpc) is 3.11. The Labute approximate surface area is 149 Å². The lowest BCUT2D eigenvalue weighted by Crippen LogP contribution is -2.27. The van der Waals surface area contributed by atoms with E-state index in [4.69, 9.17) is 9.15 Å². The number of ether oxygens (including phenoxy) is 1. The van der Waals surface area contributed by atoms with Gasteiger partial charge in [-0.1, -0.05) is 30.3 Å². The van der Waals surface area contributed by atoms with E-state index in [1.807, 2.05) is 36.4 Å². The highest BCUT2D eigenvalue weighted by atomic mass is 19.1. The summed E-state index contributed by atoms with van der Waals surface area (Å²) in [7, 11) is 0. The number of halogens is 1. The molecule has 130 valence electrons. The molecule has 0 unspecified atom stereocenters. The molecule has 1 heterocycles. The minimum Gasteiger partial charge on any atom is -0.492 e. The molecule has 4 nitrogen and oxygen atoms in total. The lowest BCUT2D eigenvalue weighted by molar-refractivity contribution is 0.0921. The quantitative estimate of drug-likeness (QED) is 0.539. The summed E-state index contributed by atoms with van der Waals surface area (Å²) < 4.78 is 24.0. The molecular weight excluding hydrogens is 333 g/mol. The van der Waals surface area contributed by atoms with E-state index in [0.717, 1.165) is 16.2 Å². The molecule has 4 aromatic rings. The van der Waals surface area contributed by atoms with Gasteiger partial charge in [0.1, 0.15) is 23.8 Å². The van der Waals surface area contributed by atoms with Gasteiger partial charge in [0.05, 0.1) is 6.54 Å². The van der Waals surface area contributed by atoms with E-state index >= 15 is 0 Å². The van der Waals surface area contributed by atoms with Gasteiger partial charge in [0.2, 0.25) is 0 Å². The molecule has 1 aromatic heterocycles. The van der Waals surface area contributed by atoms with Crippen LogP contribution in [0.25, 0.3) is 21.7 Å². The van der Waals surface area contributed by atoms with Crippen LogP contribution in [0.5, 0.6) is 5.75 Å². The Hall–Kier alpha value is -3.34. The highest BCUT2D eigenvalue weighted by molar-refractivity contribution is 6.08. The van der Waals surface area contributed by atoms with Gasteiger partial charge in [-0.3, -0.25) is 4.79 Å². The van der Waals surface area contributed by atoms with Gasteiger partial charge < -0.3 is 14.5 Å². The second kappa shape index (κ2) is 6.88. The molecule has 1 N–H and O–H groups in total. The second-order valence-electron chi connectivity index (χ2n) is 5.87. The number of amides is 1. The Morgan fingerprint density at radius 1 is 1.00 bits per heavy atom. The molecule has 4 rings (SSSR count). The van der Waals surface area contributed by atoms with Crippen LogP contribution in [0.2, 0.25) is 0 Å². The summed E-state index contributed by atoms with van der Waals surface area (Å²) in [5.74, 6) is 0.199. The van der Waals surface area contributed by atoms with Gasteiger partial charge in [0.25, 0.3) is 5.91 Å². The van der Waals surface area contributed by atoms with Crippen LogP contribution < -0.4 is 10.1 Å². The van der Waals surface area contributed by atoms with Crippen molar-refractivity contribution in [3.63, 3.8) is 0 Å². The Balaban J connectivity index is 1.41. The molecule has 0 bridgehead atoms. The molecule has 0 saturated heterocycles. The lowest BCUT2D eigenvalue weighted by atomic mass is 10.1. The fourth-order valence-electron chi connectivity index (χ4n) is 2.86. The zero-order chi connectivity index (χ0) is 17.9. The maximum atomic E-state index is 12.8. The van der Waals surface area contributed by atoms with Crippen LogP contribution in [0.3, 0.4) is 0 Å². The van der Waals surface area contributed by atoms with Crippen molar-refractivity contribution in [2.75, 3.05) is 13.2 Å². The first kappa shape index (κ1) is 16.1. The first-order chi connectivity index (χ1) is 12.7. The van der Waals surface area contributed by atoms with Gasteiger partial charge in [0.15, 0.2) is 5.76 Å².